The molecule has 2 fully saturated rings. The van der Waals surface area contributed by atoms with E-state index in [0.29, 0.717) is 12.5 Å². The molecule has 2 aliphatic rings. The number of nitrogens with zero attached hydrogens (tertiary/aromatic N) is 2. The SMILES string of the molecule is CN(C)C(=O)CCC[C@H]1NC[C@@H]2C[C@H]1CN(Cc1ccccc1)C2.Cl.Cl. The van der Waals surface area contributed by atoms with Gasteiger partial charge in [-0.05, 0) is 43.2 Å². The summed E-state index contributed by atoms with van der Waals surface area (Å²) in [5.41, 5.74) is 1.42. The molecule has 3 rings (SSSR count). The van der Waals surface area contributed by atoms with Crippen molar-refractivity contribution in [2.24, 2.45) is 11.8 Å². The molecule has 1 aromatic carbocycles. The lowest BCUT2D eigenvalue weighted by atomic mass is 9.79. The molecule has 2 aliphatic heterocycles. The van der Waals surface area contributed by atoms with Gasteiger partial charge >= 0.3 is 0 Å². The zero-order valence-electron chi connectivity index (χ0n) is 15.9. The second-order valence-electron chi connectivity index (χ2n) is 7.74. The van der Waals surface area contributed by atoms with Crippen LogP contribution in [0.15, 0.2) is 30.3 Å². The Morgan fingerprint density at radius 1 is 1.19 bits per heavy atom. The summed E-state index contributed by atoms with van der Waals surface area (Å²) in [7, 11) is 3.68. The van der Waals surface area contributed by atoms with Gasteiger partial charge in [-0.3, -0.25) is 9.69 Å². The van der Waals surface area contributed by atoms with Gasteiger partial charge < -0.3 is 10.2 Å². The number of likely N-dealkylation sites (tertiary alicyclic amines) is 1. The van der Waals surface area contributed by atoms with Crippen LogP contribution < -0.4 is 5.32 Å². The van der Waals surface area contributed by atoms with E-state index < -0.39 is 0 Å². The van der Waals surface area contributed by atoms with Crippen LogP contribution in [0.3, 0.4) is 0 Å². The fourth-order valence-electron chi connectivity index (χ4n) is 4.28. The van der Waals surface area contributed by atoms with E-state index in [2.05, 4.69) is 40.5 Å². The van der Waals surface area contributed by atoms with Gasteiger partial charge in [-0.15, -0.1) is 24.8 Å². The van der Waals surface area contributed by atoms with Crippen molar-refractivity contribution in [1.29, 1.82) is 0 Å². The van der Waals surface area contributed by atoms with Gasteiger partial charge in [0.05, 0.1) is 0 Å². The maximum Gasteiger partial charge on any atom is 0.222 e. The minimum atomic E-state index is 0. The third-order valence-electron chi connectivity index (χ3n) is 5.54. The molecule has 0 saturated carbocycles. The molecule has 148 valence electrons. The Morgan fingerprint density at radius 3 is 2.62 bits per heavy atom. The molecule has 2 bridgehead atoms. The normalized spacial score (nSPS) is 24.9. The van der Waals surface area contributed by atoms with E-state index in [9.17, 15) is 4.79 Å². The van der Waals surface area contributed by atoms with Gasteiger partial charge in [0, 0.05) is 46.2 Å². The Bertz CT molecular complexity index is 541. The molecule has 0 aliphatic carbocycles. The second kappa shape index (κ2) is 11.1. The highest BCUT2D eigenvalue weighted by molar-refractivity contribution is 5.85. The minimum Gasteiger partial charge on any atom is -0.349 e. The summed E-state index contributed by atoms with van der Waals surface area (Å²) in [5, 5.41) is 3.76. The van der Waals surface area contributed by atoms with Gasteiger partial charge in [-0.25, -0.2) is 0 Å². The molecule has 1 aromatic rings. The number of hydrogen-bond donors (Lipinski definition) is 1. The minimum absolute atomic E-state index is 0. The van der Waals surface area contributed by atoms with E-state index in [1.165, 1.54) is 25.1 Å². The van der Waals surface area contributed by atoms with Crippen molar-refractivity contribution in [1.82, 2.24) is 15.1 Å². The van der Waals surface area contributed by atoms with E-state index in [-0.39, 0.29) is 30.7 Å². The number of carbonyl (C=O) groups excluding carboxylic acids is 1. The molecule has 0 radical (unpaired) electrons. The highest BCUT2D eigenvalue weighted by Gasteiger charge is 2.35. The number of benzene rings is 1. The highest BCUT2D eigenvalue weighted by atomic mass is 35.5. The molecule has 0 spiro atoms. The summed E-state index contributed by atoms with van der Waals surface area (Å²) in [6.07, 6.45) is 4.14. The predicted octanol–water partition coefficient (Wildman–Crippen LogP) is 3.20. The first-order valence-corrected chi connectivity index (χ1v) is 9.31. The summed E-state index contributed by atoms with van der Waals surface area (Å²) in [6.45, 7) is 4.60. The van der Waals surface area contributed by atoms with Crippen LogP contribution in [0.5, 0.6) is 0 Å². The molecule has 26 heavy (non-hydrogen) atoms. The Balaban J connectivity index is 0.00000169. The van der Waals surface area contributed by atoms with Crippen molar-refractivity contribution in [3.63, 3.8) is 0 Å². The number of carbonyl (C=O) groups is 1. The van der Waals surface area contributed by atoms with Crippen molar-refractivity contribution in [2.75, 3.05) is 33.7 Å². The quantitative estimate of drug-likeness (QED) is 0.794. The van der Waals surface area contributed by atoms with Gasteiger partial charge in [0.25, 0.3) is 0 Å². The summed E-state index contributed by atoms with van der Waals surface area (Å²) >= 11 is 0. The first kappa shape index (κ1) is 23.2. The topological polar surface area (TPSA) is 35.6 Å². The van der Waals surface area contributed by atoms with Crippen molar-refractivity contribution in [2.45, 2.75) is 38.3 Å². The predicted molar refractivity (Wildman–Crippen MR) is 112 cm³/mol. The number of rotatable bonds is 6. The van der Waals surface area contributed by atoms with E-state index in [4.69, 9.17) is 0 Å². The van der Waals surface area contributed by atoms with E-state index in [0.717, 1.165) is 37.8 Å². The standard InChI is InChI=1S/C20H31N3O.2ClH/c1-22(2)20(24)10-6-9-19-18-11-17(12-21-19)14-23(15-18)13-16-7-4-3-5-8-16;;/h3-5,7-8,17-19,21H,6,9-15H2,1-2H3;2*1H/t17-,18-,19+;;/m0../s1. The van der Waals surface area contributed by atoms with Crippen molar-refractivity contribution in [3.05, 3.63) is 35.9 Å². The zero-order valence-corrected chi connectivity index (χ0v) is 17.5. The third kappa shape index (κ3) is 6.41. The Morgan fingerprint density at radius 2 is 1.92 bits per heavy atom. The Hall–Kier alpha value is -0.810. The number of nitrogens with one attached hydrogen (secondary N) is 1. The van der Waals surface area contributed by atoms with Gasteiger partial charge in [-0.2, -0.15) is 0 Å². The molecule has 1 amide bonds. The maximum atomic E-state index is 11.8. The Kier molecular flexibility index (Phi) is 9.94. The van der Waals surface area contributed by atoms with Gasteiger partial charge in [0.15, 0.2) is 0 Å². The first-order valence-electron chi connectivity index (χ1n) is 9.31. The van der Waals surface area contributed by atoms with Crippen LogP contribution in [0.2, 0.25) is 0 Å². The van der Waals surface area contributed by atoms with Crippen molar-refractivity contribution >= 4 is 30.7 Å². The molecule has 0 unspecified atom stereocenters. The molecule has 6 heteroatoms. The lowest BCUT2D eigenvalue weighted by Crippen LogP contribution is -2.55. The molecule has 2 heterocycles. The average molecular weight is 402 g/mol. The largest absolute Gasteiger partial charge is 0.349 e. The lowest BCUT2D eigenvalue weighted by Gasteiger charge is -2.46. The molecule has 4 nitrogen and oxygen atoms in total. The second-order valence-corrected chi connectivity index (χ2v) is 7.74. The van der Waals surface area contributed by atoms with E-state index in [1.807, 2.05) is 14.1 Å². The summed E-state index contributed by atoms with van der Waals surface area (Å²) < 4.78 is 0. The maximum absolute atomic E-state index is 11.8. The lowest BCUT2D eigenvalue weighted by molar-refractivity contribution is -0.128. The summed E-state index contributed by atoms with van der Waals surface area (Å²) in [5.74, 6) is 1.76. The van der Waals surface area contributed by atoms with Gasteiger partial charge in [0.1, 0.15) is 0 Å². The Labute approximate surface area is 170 Å². The average Bonchev–Trinajstić information content (AvgIpc) is 2.57. The van der Waals surface area contributed by atoms with Crippen LogP contribution in [0.25, 0.3) is 0 Å². The zero-order chi connectivity index (χ0) is 16.9. The molecule has 1 N–H and O–H groups in total. The van der Waals surface area contributed by atoms with Crippen molar-refractivity contribution in [3.8, 4) is 0 Å². The molecule has 2 saturated heterocycles. The fraction of sp³-hybridized carbons (Fsp3) is 0.650. The van der Waals surface area contributed by atoms with Crippen LogP contribution in [0.1, 0.15) is 31.2 Å². The number of amides is 1. The van der Waals surface area contributed by atoms with Gasteiger partial charge in [-0.1, -0.05) is 30.3 Å². The van der Waals surface area contributed by atoms with Crippen LogP contribution in [0.4, 0.5) is 0 Å². The fourth-order valence-corrected chi connectivity index (χ4v) is 4.28. The van der Waals surface area contributed by atoms with E-state index in [1.54, 1.807) is 4.90 Å². The van der Waals surface area contributed by atoms with Crippen LogP contribution in [-0.2, 0) is 11.3 Å². The van der Waals surface area contributed by atoms with Crippen molar-refractivity contribution < 1.29 is 4.79 Å². The number of hydrogen-bond acceptors (Lipinski definition) is 3. The third-order valence-corrected chi connectivity index (χ3v) is 5.54. The summed E-state index contributed by atoms with van der Waals surface area (Å²) in [6, 6.07) is 11.4. The van der Waals surface area contributed by atoms with Gasteiger partial charge in [0.2, 0.25) is 5.91 Å². The van der Waals surface area contributed by atoms with E-state index >= 15 is 0 Å². The smallest absolute Gasteiger partial charge is 0.222 e. The number of halogens is 2. The first-order chi connectivity index (χ1) is 11.6. The van der Waals surface area contributed by atoms with Crippen LogP contribution in [0, 0.1) is 11.8 Å². The number of fused-ring (bicyclic) bond motifs is 2. The van der Waals surface area contributed by atoms with Crippen LogP contribution >= 0.6 is 24.8 Å². The molecular weight excluding hydrogens is 369 g/mol. The molecule has 3 atom stereocenters. The molecular formula is C20H33Cl2N3O. The molecule has 0 aromatic heterocycles. The number of piperidine rings is 2. The monoisotopic (exact) mass is 401 g/mol. The highest BCUT2D eigenvalue weighted by Crippen LogP contribution is 2.31. The van der Waals surface area contributed by atoms with Crippen LogP contribution in [-0.4, -0.2) is 55.5 Å². The summed E-state index contributed by atoms with van der Waals surface area (Å²) in [4.78, 5) is 16.1.